The zero-order valence-corrected chi connectivity index (χ0v) is 12.4. The van der Waals surface area contributed by atoms with Crippen LogP contribution in [0.1, 0.15) is 38.2 Å². The van der Waals surface area contributed by atoms with Crippen LogP contribution in [0.3, 0.4) is 0 Å². The summed E-state index contributed by atoms with van der Waals surface area (Å²) in [5.41, 5.74) is 7.13. The Labute approximate surface area is 115 Å². The van der Waals surface area contributed by atoms with Gasteiger partial charge in [0.2, 0.25) is 10.0 Å². The van der Waals surface area contributed by atoms with Crippen LogP contribution in [0, 0.1) is 12.3 Å². The minimum Gasteiger partial charge on any atom is -0.399 e. The Bertz CT molecular complexity index is 563. The van der Waals surface area contributed by atoms with Gasteiger partial charge in [-0.15, -0.1) is 0 Å². The minimum absolute atomic E-state index is 0.212. The van der Waals surface area contributed by atoms with Crippen molar-refractivity contribution in [3.63, 3.8) is 0 Å². The summed E-state index contributed by atoms with van der Waals surface area (Å²) < 4.78 is 27.3. The summed E-state index contributed by atoms with van der Waals surface area (Å²) in [6, 6.07) is 4.89. The molecule has 5 heteroatoms. The highest BCUT2D eigenvalue weighted by Crippen LogP contribution is 2.49. The Kier molecular flexibility index (Phi) is 3.87. The van der Waals surface area contributed by atoms with Crippen LogP contribution in [0.4, 0.5) is 5.69 Å². The van der Waals surface area contributed by atoms with Gasteiger partial charge < -0.3 is 5.73 Å². The zero-order chi connectivity index (χ0) is 14.1. The minimum atomic E-state index is -3.42. The third-order valence-corrected chi connectivity index (χ3v) is 5.42. The van der Waals surface area contributed by atoms with E-state index in [1.807, 2.05) is 0 Å². The van der Waals surface area contributed by atoms with Crippen LogP contribution in [0.25, 0.3) is 0 Å². The van der Waals surface area contributed by atoms with E-state index < -0.39 is 10.0 Å². The van der Waals surface area contributed by atoms with Crippen molar-refractivity contribution < 1.29 is 8.42 Å². The maximum Gasteiger partial charge on any atom is 0.240 e. The Morgan fingerprint density at radius 3 is 2.58 bits per heavy atom. The van der Waals surface area contributed by atoms with Gasteiger partial charge in [-0.1, -0.05) is 13.3 Å². The number of nitrogens with two attached hydrogens (primary N) is 1. The van der Waals surface area contributed by atoms with Crippen LogP contribution in [-0.4, -0.2) is 15.0 Å². The van der Waals surface area contributed by atoms with E-state index in [0.29, 0.717) is 22.7 Å². The molecule has 0 atom stereocenters. The van der Waals surface area contributed by atoms with E-state index in [-0.39, 0.29) is 5.41 Å². The molecule has 106 valence electrons. The lowest BCUT2D eigenvalue weighted by Crippen LogP contribution is -2.30. The van der Waals surface area contributed by atoms with Crippen molar-refractivity contribution in [1.82, 2.24) is 4.72 Å². The van der Waals surface area contributed by atoms with E-state index in [0.717, 1.165) is 25.7 Å². The average molecular weight is 282 g/mol. The molecular formula is C14H22N2O2S. The maximum atomic E-state index is 12.3. The van der Waals surface area contributed by atoms with Gasteiger partial charge in [-0.05, 0) is 55.4 Å². The van der Waals surface area contributed by atoms with Crippen molar-refractivity contribution in [1.29, 1.82) is 0 Å². The summed E-state index contributed by atoms with van der Waals surface area (Å²) in [6.07, 6.45) is 4.45. The lowest BCUT2D eigenvalue weighted by molar-refractivity contribution is 0.449. The van der Waals surface area contributed by atoms with Crippen LogP contribution in [0.5, 0.6) is 0 Å². The molecule has 1 aliphatic carbocycles. The second-order valence-corrected chi connectivity index (χ2v) is 7.33. The number of anilines is 1. The lowest BCUT2D eigenvalue weighted by atomic mass is 10.0. The predicted octanol–water partition coefficient (Wildman–Crippen LogP) is 2.44. The molecule has 19 heavy (non-hydrogen) atoms. The topological polar surface area (TPSA) is 72.2 Å². The van der Waals surface area contributed by atoms with Crippen LogP contribution >= 0.6 is 0 Å². The van der Waals surface area contributed by atoms with Crippen molar-refractivity contribution in [2.45, 2.75) is 44.4 Å². The number of sulfonamides is 1. The molecule has 1 aromatic rings. The fourth-order valence-electron chi connectivity index (χ4n) is 2.52. The molecule has 0 aromatic heterocycles. The van der Waals surface area contributed by atoms with E-state index >= 15 is 0 Å². The molecular weight excluding hydrogens is 260 g/mol. The molecule has 0 radical (unpaired) electrons. The molecule has 0 bridgehead atoms. The van der Waals surface area contributed by atoms with Crippen molar-refractivity contribution in [3.8, 4) is 0 Å². The standard InChI is InChI=1S/C14H22N2O2S/c1-3-6-14(7-8-14)10-16-19(17,18)13-5-4-12(15)9-11(13)2/h4-5,9,16H,3,6-8,10,15H2,1-2H3. The number of rotatable bonds is 6. The largest absolute Gasteiger partial charge is 0.399 e. The predicted molar refractivity (Wildman–Crippen MR) is 77.4 cm³/mol. The van der Waals surface area contributed by atoms with Crippen molar-refractivity contribution in [2.75, 3.05) is 12.3 Å². The quantitative estimate of drug-likeness (QED) is 0.787. The number of benzene rings is 1. The number of hydrogen-bond acceptors (Lipinski definition) is 3. The monoisotopic (exact) mass is 282 g/mol. The first-order valence-corrected chi connectivity index (χ1v) is 8.23. The highest BCUT2D eigenvalue weighted by molar-refractivity contribution is 7.89. The molecule has 1 fully saturated rings. The normalized spacial score (nSPS) is 17.4. The molecule has 0 spiro atoms. The van der Waals surface area contributed by atoms with E-state index in [1.165, 1.54) is 0 Å². The van der Waals surface area contributed by atoms with Crippen molar-refractivity contribution >= 4 is 15.7 Å². The van der Waals surface area contributed by atoms with E-state index in [2.05, 4.69) is 11.6 Å². The van der Waals surface area contributed by atoms with Gasteiger partial charge in [0.05, 0.1) is 4.90 Å². The smallest absolute Gasteiger partial charge is 0.240 e. The first-order chi connectivity index (χ1) is 8.88. The van der Waals surface area contributed by atoms with Gasteiger partial charge in [0.25, 0.3) is 0 Å². The summed E-state index contributed by atoms with van der Waals surface area (Å²) in [5.74, 6) is 0. The SMILES string of the molecule is CCCC1(CNS(=O)(=O)c2ccc(N)cc2C)CC1. The Hall–Kier alpha value is -1.07. The molecule has 0 heterocycles. The first kappa shape index (κ1) is 14.3. The second-order valence-electron chi connectivity index (χ2n) is 5.60. The van der Waals surface area contributed by atoms with Gasteiger partial charge in [-0.2, -0.15) is 0 Å². The summed E-state index contributed by atoms with van der Waals surface area (Å²) in [5, 5.41) is 0. The van der Waals surface area contributed by atoms with Crippen LogP contribution in [-0.2, 0) is 10.0 Å². The highest BCUT2D eigenvalue weighted by Gasteiger charge is 2.42. The lowest BCUT2D eigenvalue weighted by Gasteiger charge is -2.16. The average Bonchev–Trinajstić information content (AvgIpc) is 3.07. The van der Waals surface area contributed by atoms with E-state index in [4.69, 9.17) is 5.73 Å². The molecule has 4 nitrogen and oxygen atoms in total. The Balaban J connectivity index is 2.10. The molecule has 0 amide bonds. The van der Waals surface area contributed by atoms with Gasteiger partial charge in [0.15, 0.2) is 0 Å². The Morgan fingerprint density at radius 2 is 2.05 bits per heavy atom. The summed E-state index contributed by atoms with van der Waals surface area (Å²) in [4.78, 5) is 0.328. The Morgan fingerprint density at radius 1 is 1.37 bits per heavy atom. The van der Waals surface area contributed by atoms with Gasteiger partial charge in [-0.25, -0.2) is 13.1 Å². The summed E-state index contributed by atoms with van der Waals surface area (Å²) >= 11 is 0. The van der Waals surface area contributed by atoms with Gasteiger partial charge >= 0.3 is 0 Å². The fourth-order valence-corrected chi connectivity index (χ4v) is 3.90. The molecule has 0 unspecified atom stereocenters. The third kappa shape index (κ3) is 3.28. The van der Waals surface area contributed by atoms with Crippen molar-refractivity contribution in [3.05, 3.63) is 23.8 Å². The van der Waals surface area contributed by atoms with Crippen LogP contribution in [0.15, 0.2) is 23.1 Å². The number of nitrogen functional groups attached to an aromatic ring is 1. The fraction of sp³-hybridized carbons (Fsp3) is 0.571. The van der Waals surface area contributed by atoms with Crippen LogP contribution in [0.2, 0.25) is 0 Å². The first-order valence-electron chi connectivity index (χ1n) is 6.74. The second kappa shape index (κ2) is 5.13. The van der Waals surface area contributed by atoms with Gasteiger partial charge in [0.1, 0.15) is 0 Å². The molecule has 3 N–H and O–H groups in total. The third-order valence-electron chi connectivity index (χ3n) is 3.86. The summed E-state index contributed by atoms with van der Waals surface area (Å²) in [7, 11) is -3.42. The summed E-state index contributed by atoms with van der Waals surface area (Å²) in [6.45, 7) is 4.45. The van der Waals surface area contributed by atoms with Gasteiger partial charge in [-0.3, -0.25) is 0 Å². The molecule has 0 aliphatic heterocycles. The maximum absolute atomic E-state index is 12.3. The molecule has 0 saturated heterocycles. The van der Waals surface area contributed by atoms with E-state index in [1.54, 1.807) is 25.1 Å². The molecule has 1 aromatic carbocycles. The van der Waals surface area contributed by atoms with Crippen molar-refractivity contribution in [2.24, 2.45) is 5.41 Å². The molecule has 1 saturated carbocycles. The molecule has 2 rings (SSSR count). The number of nitrogens with one attached hydrogen (secondary N) is 1. The zero-order valence-electron chi connectivity index (χ0n) is 11.6. The number of aryl methyl sites for hydroxylation is 1. The van der Waals surface area contributed by atoms with Crippen LogP contribution < -0.4 is 10.5 Å². The number of hydrogen-bond donors (Lipinski definition) is 2. The molecule has 1 aliphatic rings. The highest BCUT2D eigenvalue weighted by atomic mass is 32.2. The van der Waals surface area contributed by atoms with Gasteiger partial charge in [0, 0.05) is 12.2 Å². The van der Waals surface area contributed by atoms with E-state index in [9.17, 15) is 8.42 Å².